The molecule has 2 aromatic rings. The van der Waals surface area contributed by atoms with Gasteiger partial charge >= 0.3 is 0 Å². The summed E-state index contributed by atoms with van der Waals surface area (Å²) in [6, 6.07) is 12.9. The van der Waals surface area contributed by atoms with E-state index in [1.807, 2.05) is 24.3 Å². The number of aliphatic hydroxyl groups excluding tert-OH is 1. The molecular weight excluding hydrogens is 263 g/mol. The highest BCUT2D eigenvalue weighted by Gasteiger charge is 2.31. The first kappa shape index (κ1) is 12.6. The zero-order chi connectivity index (χ0) is 13.4. The first-order valence-corrected chi connectivity index (χ1v) is 6.73. The van der Waals surface area contributed by atoms with Crippen LogP contribution in [0.25, 0.3) is 0 Å². The third-order valence-corrected chi connectivity index (χ3v) is 4.11. The van der Waals surface area contributed by atoms with Crippen molar-refractivity contribution in [1.29, 1.82) is 0 Å². The van der Waals surface area contributed by atoms with Crippen molar-refractivity contribution < 1.29 is 9.50 Å². The van der Waals surface area contributed by atoms with Crippen LogP contribution in [0.1, 0.15) is 22.8 Å². The van der Waals surface area contributed by atoms with E-state index in [1.54, 1.807) is 18.2 Å². The number of fused-ring (bicyclic) bond motifs is 1. The Kier molecular flexibility index (Phi) is 3.29. The van der Waals surface area contributed by atoms with Crippen molar-refractivity contribution >= 4 is 11.6 Å². The summed E-state index contributed by atoms with van der Waals surface area (Å²) in [4.78, 5) is 0. The number of hydrogen-bond donors (Lipinski definition) is 1. The molecule has 0 aromatic heterocycles. The molecule has 0 radical (unpaired) electrons. The number of aliphatic hydroxyl groups is 1. The van der Waals surface area contributed by atoms with Crippen LogP contribution in [0.4, 0.5) is 4.39 Å². The van der Waals surface area contributed by atoms with Gasteiger partial charge in [0.2, 0.25) is 0 Å². The van der Waals surface area contributed by atoms with Crippen LogP contribution in [0, 0.1) is 11.7 Å². The van der Waals surface area contributed by atoms with Crippen molar-refractivity contribution in [3.63, 3.8) is 0 Å². The Balaban J connectivity index is 1.85. The molecule has 2 aromatic carbocycles. The van der Waals surface area contributed by atoms with Crippen LogP contribution in [0.15, 0.2) is 42.5 Å². The van der Waals surface area contributed by atoms with Gasteiger partial charge in [0, 0.05) is 0 Å². The van der Waals surface area contributed by atoms with E-state index >= 15 is 0 Å². The van der Waals surface area contributed by atoms with E-state index in [1.165, 1.54) is 0 Å². The molecule has 0 heterocycles. The van der Waals surface area contributed by atoms with Crippen molar-refractivity contribution in [2.24, 2.45) is 5.92 Å². The molecular formula is C16H14ClFO. The summed E-state index contributed by atoms with van der Waals surface area (Å²) >= 11 is 5.79. The van der Waals surface area contributed by atoms with Crippen molar-refractivity contribution in [1.82, 2.24) is 0 Å². The van der Waals surface area contributed by atoms with Crippen LogP contribution >= 0.6 is 11.6 Å². The van der Waals surface area contributed by atoms with E-state index in [2.05, 4.69) is 0 Å². The van der Waals surface area contributed by atoms with E-state index in [0.717, 1.165) is 17.5 Å². The molecule has 0 saturated carbocycles. The van der Waals surface area contributed by atoms with Gasteiger partial charge in [-0.3, -0.25) is 0 Å². The Hall–Kier alpha value is -1.38. The average Bonchev–Trinajstić information content (AvgIpc) is 2.73. The lowest BCUT2D eigenvalue weighted by Gasteiger charge is -2.15. The molecule has 2 atom stereocenters. The topological polar surface area (TPSA) is 20.2 Å². The van der Waals surface area contributed by atoms with Crippen LogP contribution in [0.3, 0.4) is 0 Å². The zero-order valence-corrected chi connectivity index (χ0v) is 11.1. The lowest BCUT2D eigenvalue weighted by atomic mass is 9.94. The molecule has 98 valence electrons. The van der Waals surface area contributed by atoms with Crippen LogP contribution in [0.5, 0.6) is 0 Å². The van der Waals surface area contributed by atoms with Crippen molar-refractivity contribution in [2.75, 3.05) is 0 Å². The smallest absolute Gasteiger partial charge is 0.144 e. The molecule has 3 rings (SSSR count). The molecule has 0 saturated heterocycles. The first-order valence-electron chi connectivity index (χ1n) is 6.35. The highest BCUT2D eigenvalue weighted by molar-refractivity contribution is 6.30. The van der Waals surface area contributed by atoms with Crippen molar-refractivity contribution in [2.45, 2.75) is 18.9 Å². The van der Waals surface area contributed by atoms with Crippen molar-refractivity contribution in [3.8, 4) is 0 Å². The third-order valence-electron chi connectivity index (χ3n) is 3.82. The lowest BCUT2D eigenvalue weighted by Crippen LogP contribution is -2.11. The molecule has 2 unspecified atom stereocenters. The highest BCUT2D eigenvalue weighted by Crippen LogP contribution is 2.38. The SMILES string of the molecule is OC1c2ccccc2CC1Cc1cccc(Cl)c1F. The molecule has 1 nitrogen and oxygen atoms in total. The number of rotatable bonds is 2. The minimum absolute atomic E-state index is 0.0189. The Morgan fingerprint density at radius 1 is 1.16 bits per heavy atom. The predicted molar refractivity (Wildman–Crippen MR) is 73.7 cm³/mol. The van der Waals surface area contributed by atoms with E-state index < -0.39 is 6.10 Å². The van der Waals surface area contributed by atoms with Gasteiger partial charge in [-0.15, -0.1) is 0 Å². The summed E-state index contributed by atoms with van der Waals surface area (Å²) in [6.07, 6.45) is 0.764. The fraction of sp³-hybridized carbons (Fsp3) is 0.250. The highest BCUT2D eigenvalue weighted by atomic mass is 35.5. The molecule has 0 aliphatic heterocycles. The van der Waals surface area contributed by atoms with Gasteiger partial charge in [-0.1, -0.05) is 48.0 Å². The van der Waals surface area contributed by atoms with E-state index in [9.17, 15) is 9.50 Å². The maximum absolute atomic E-state index is 13.9. The normalized spacial score (nSPS) is 21.4. The van der Waals surface area contributed by atoms with Gasteiger partial charge in [-0.2, -0.15) is 0 Å². The molecule has 3 heteroatoms. The Bertz CT molecular complexity index is 611. The van der Waals surface area contributed by atoms with Gasteiger partial charge in [0.25, 0.3) is 0 Å². The van der Waals surface area contributed by atoms with Gasteiger partial charge in [-0.25, -0.2) is 4.39 Å². The summed E-state index contributed by atoms with van der Waals surface area (Å²) in [5.74, 6) is -0.349. The van der Waals surface area contributed by atoms with Crippen LogP contribution in [-0.4, -0.2) is 5.11 Å². The molecule has 0 bridgehead atoms. The molecule has 19 heavy (non-hydrogen) atoms. The lowest BCUT2D eigenvalue weighted by molar-refractivity contribution is 0.123. The molecule has 0 fully saturated rings. The van der Waals surface area contributed by atoms with Crippen LogP contribution < -0.4 is 0 Å². The minimum Gasteiger partial charge on any atom is -0.388 e. The first-order chi connectivity index (χ1) is 9.16. The van der Waals surface area contributed by atoms with Crippen LogP contribution in [0.2, 0.25) is 5.02 Å². The van der Waals surface area contributed by atoms with E-state index in [-0.39, 0.29) is 16.8 Å². The van der Waals surface area contributed by atoms with Crippen molar-refractivity contribution in [3.05, 3.63) is 70.0 Å². The monoisotopic (exact) mass is 276 g/mol. The van der Waals surface area contributed by atoms with E-state index in [4.69, 9.17) is 11.6 Å². The van der Waals surface area contributed by atoms with Gasteiger partial charge in [0.05, 0.1) is 11.1 Å². The fourth-order valence-corrected chi connectivity index (χ4v) is 3.02. The average molecular weight is 277 g/mol. The van der Waals surface area contributed by atoms with E-state index in [0.29, 0.717) is 12.0 Å². The molecule has 1 aliphatic carbocycles. The zero-order valence-electron chi connectivity index (χ0n) is 10.3. The second kappa shape index (κ2) is 4.95. The van der Waals surface area contributed by atoms with Crippen LogP contribution in [-0.2, 0) is 12.8 Å². The Labute approximate surface area is 116 Å². The van der Waals surface area contributed by atoms with Gasteiger partial charge < -0.3 is 5.11 Å². The number of benzene rings is 2. The summed E-state index contributed by atoms with van der Waals surface area (Å²) in [7, 11) is 0. The van der Waals surface area contributed by atoms with Gasteiger partial charge in [-0.05, 0) is 41.5 Å². The standard InChI is InChI=1S/C16H14ClFO/c17-14-7-3-5-11(15(14)18)9-12-8-10-4-1-2-6-13(10)16(12)19/h1-7,12,16,19H,8-9H2. The number of halogens is 2. The van der Waals surface area contributed by atoms with Gasteiger partial charge in [0.15, 0.2) is 0 Å². The largest absolute Gasteiger partial charge is 0.388 e. The molecule has 0 amide bonds. The van der Waals surface area contributed by atoms with Gasteiger partial charge in [0.1, 0.15) is 5.82 Å². The minimum atomic E-state index is -0.519. The maximum atomic E-state index is 13.9. The Morgan fingerprint density at radius 3 is 2.74 bits per heavy atom. The summed E-state index contributed by atoms with van der Waals surface area (Å²) in [6.45, 7) is 0. The second-order valence-electron chi connectivity index (χ2n) is 5.02. The quantitative estimate of drug-likeness (QED) is 0.881. The second-order valence-corrected chi connectivity index (χ2v) is 5.43. The predicted octanol–water partition coefficient (Wildman–Crippen LogP) is 3.93. The molecule has 1 N–H and O–H groups in total. The summed E-state index contributed by atoms with van der Waals surface area (Å²) in [5.41, 5.74) is 2.70. The Morgan fingerprint density at radius 2 is 1.95 bits per heavy atom. The fourth-order valence-electron chi connectivity index (χ4n) is 2.83. The number of hydrogen-bond acceptors (Lipinski definition) is 1. The molecule has 0 spiro atoms. The maximum Gasteiger partial charge on any atom is 0.144 e. The summed E-state index contributed by atoms with van der Waals surface area (Å²) in [5, 5.41) is 10.4. The third kappa shape index (κ3) is 2.26. The summed E-state index contributed by atoms with van der Waals surface area (Å²) < 4.78 is 13.9. The molecule has 1 aliphatic rings.